The molecule has 2 aliphatic carbocycles. The maximum absolute atomic E-state index is 12.8. The van der Waals surface area contributed by atoms with E-state index in [9.17, 15) is 9.59 Å². The SMILES string of the molecule is CCOC(=O)CC(=O)[C@H]1C[C@@H]2CC(C)(C)C[C@@H]2[C@H]1OCc1ccccc1. The van der Waals surface area contributed by atoms with Crippen molar-refractivity contribution in [1.82, 2.24) is 0 Å². The second-order valence-corrected chi connectivity index (χ2v) is 8.55. The quantitative estimate of drug-likeness (QED) is 0.542. The van der Waals surface area contributed by atoms with Gasteiger partial charge in [0.15, 0.2) is 0 Å². The number of hydrogen-bond acceptors (Lipinski definition) is 4. The Labute approximate surface area is 156 Å². The third-order valence-electron chi connectivity index (χ3n) is 5.91. The van der Waals surface area contributed by atoms with Gasteiger partial charge in [-0.1, -0.05) is 44.2 Å². The number of hydrogen-bond donors (Lipinski definition) is 0. The van der Waals surface area contributed by atoms with E-state index in [0.717, 1.165) is 24.8 Å². The molecule has 3 rings (SSSR count). The molecule has 0 heterocycles. The Bertz CT molecular complexity index is 637. The summed E-state index contributed by atoms with van der Waals surface area (Å²) in [5.41, 5.74) is 1.42. The minimum Gasteiger partial charge on any atom is -0.466 e. The van der Waals surface area contributed by atoms with Gasteiger partial charge in [0.05, 0.1) is 19.3 Å². The fourth-order valence-electron chi connectivity index (χ4n) is 4.96. The first-order valence-electron chi connectivity index (χ1n) is 9.73. The van der Waals surface area contributed by atoms with Gasteiger partial charge in [0.2, 0.25) is 0 Å². The molecule has 0 amide bonds. The van der Waals surface area contributed by atoms with Crippen molar-refractivity contribution in [2.75, 3.05) is 6.61 Å². The Balaban J connectivity index is 1.70. The monoisotopic (exact) mass is 358 g/mol. The summed E-state index contributed by atoms with van der Waals surface area (Å²) in [6.45, 7) is 7.18. The molecule has 0 spiro atoms. The summed E-state index contributed by atoms with van der Waals surface area (Å²) in [4.78, 5) is 24.5. The zero-order chi connectivity index (χ0) is 18.7. The number of carbonyl (C=O) groups is 2. The molecule has 0 unspecified atom stereocenters. The summed E-state index contributed by atoms with van der Waals surface area (Å²) in [5, 5.41) is 0. The van der Waals surface area contributed by atoms with Crippen LogP contribution in [-0.4, -0.2) is 24.5 Å². The van der Waals surface area contributed by atoms with Crippen molar-refractivity contribution in [1.29, 1.82) is 0 Å². The van der Waals surface area contributed by atoms with Crippen LogP contribution in [0.4, 0.5) is 0 Å². The van der Waals surface area contributed by atoms with Crippen LogP contribution in [0.2, 0.25) is 0 Å². The van der Waals surface area contributed by atoms with Crippen LogP contribution in [0, 0.1) is 23.2 Å². The number of ether oxygens (including phenoxy) is 2. The predicted octanol–water partition coefficient (Wildman–Crippen LogP) is 4.17. The predicted molar refractivity (Wildman–Crippen MR) is 99.4 cm³/mol. The topological polar surface area (TPSA) is 52.6 Å². The van der Waals surface area contributed by atoms with Gasteiger partial charge in [-0.2, -0.15) is 0 Å². The van der Waals surface area contributed by atoms with Gasteiger partial charge < -0.3 is 9.47 Å². The third-order valence-corrected chi connectivity index (χ3v) is 5.91. The van der Waals surface area contributed by atoms with Crippen molar-refractivity contribution >= 4 is 11.8 Å². The summed E-state index contributed by atoms with van der Waals surface area (Å²) in [7, 11) is 0. The highest BCUT2D eigenvalue weighted by Gasteiger charge is 2.53. The molecule has 4 atom stereocenters. The lowest BCUT2D eigenvalue weighted by Gasteiger charge is -2.27. The first kappa shape index (κ1) is 19.1. The summed E-state index contributed by atoms with van der Waals surface area (Å²) >= 11 is 0. The van der Waals surface area contributed by atoms with Crippen molar-refractivity contribution in [3.63, 3.8) is 0 Å². The van der Waals surface area contributed by atoms with Crippen molar-refractivity contribution in [3.8, 4) is 0 Å². The number of carbonyl (C=O) groups excluding carboxylic acids is 2. The standard InChI is InChI=1S/C22H30O4/c1-4-25-20(24)11-19(23)17-10-16-12-22(2,3)13-18(16)21(17)26-14-15-8-6-5-7-9-15/h5-9,16-18,21H,4,10-14H2,1-3H3/t16-,17-,18+,21+/m1/s1. The van der Waals surface area contributed by atoms with E-state index in [4.69, 9.17) is 9.47 Å². The number of rotatable bonds is 7. The van der Waals surface area contributed by atoms with E-state index in [1.165, 1.54) is 0 Å². The highest BCUT2D eigenvalue weighted by Crippen LogP contribution is 2.55. The van der Waals surface area contributed by atoms with Gasteiger partial charge in [0, 0.05) is 5.92 Å². The van der Waals surface area contributed by atoms with Crippen LogP contribution < -0.4 is 0 Å². The van der Waals surface area contributed by atoms with Crippen LogP contribution >= 0.6 is 0 Å². The average molecular weight is 358 g/mol. The molecule has 26 heavy (non-hydrogen) atoms. The van der Waals surface area contributed by atoms with Crippen molar-refractivity contribution in [3.05, 3.63) is 35.9 Å². The van der Waals surface area contributed by atoms with E-state index >= 15 is 0 Å². The number of fused-ring (bicyclic) bond motifs is 1. The van der Waals surface area contributed by atoms with E-state index in [2.05, 4.69) is 13.8 Å². The Kier molecular flexibility index (Phi) is 5.81. The molecule has 0 bridgehead atoms. The van der Waals surface area contributed by atoms with Crippen LogP contribution in [0.1, 0.15) is 52.0 Å². The molecule has 4 heteroatoms. The summed E-state index contributed by atoms with van der Waals surface area (Å²) in [6, 6.07) is 10.1. The van der Waals surface area contributed by atoms with Gasteiger partial charge >= 0.3 is 5.97 Å². The lowest BCUT2D eigenvalue weighted by molar-refractivity contribution is -0.147. The molecule has 0 aliphatic heterocycles. The molecule has 2 fully saturated rings. The lowest BCUT2D eigenvalue weighted by Crippen LogP contribution is -2.32. The number of ketones is 1. The molecular weight excluding hydrogens is 328 g/mol. The minimum atomic E-state index is -0.420. The van der Waals surface area contributed by atoms with Gasteiger partial charge in [-0.3, -0.25) is 9.59 Å². The Morgan fingerprint density at radius 2 is 1.88 bits per heavy atom. The Morgan fingerprint density at radius 3 is 2.58 bits per heavy atom. The maximum Gasteiger partial charge on any atom is 0.313 e. The smallest absolute Gasteiger partial charge is 0.313 e. The summed E-state index contributed by atoms with van der Waals surface area (Å²) < 4.78 is 11.3. The molecule has 2 aliphatic rings. The minimum absolute atomic E-state index is 0.0197. The van der Waals surface area contributed by atoms with Gasteiger partial charge in [0.1, 0.15) is 12.2 Å². The van der Waals surface area contributed by atoms with E-state index in [0.29, 0.717) is 30.5 Å². The highest BCUT2D eigenvalue weighted by molar-refractivity contribution is 5.97. The first-order valence-corrected chi connectivity index (χ1v) is 9.73. The number of benzene rings is 1. The molecule has 2 saturated carbocycles. The lowest BCUT2D eigenvalue weighted by atomic mass is 9.84. The first-order chi connectivity index (χ1) is 12.4. The summed E-state index contributed by atoms with van der Waals surface area (Å²) in [5.74, 6) is 0.298. The molecule has 142 valence electrons. The molecule has 0 N–H and O–H groups in total. The van der Waals surface area contributed by atoms with Crippen molar-refractivity contribution < 1.29 is 19.1 Å². The normalized spacial score (nSPS) is 29.3. The van der Waals surface area contributed by atoms with Gasteiger partial charge in [-0.15, -0.1) is 0 Å². The van der Waals surface area contributed by atoms with E-state index in [-0.39, 0.29) is 24.2 Å². The largest absolute Gasteiger partial charge is 0.466 e. The second-order valence-electron chi connectivity index (χ2n) is 8.55. The van der Waals surface area contributed by atoms with Crippen molar-refractivity contribution in [2.24, 2.45) is 23.2 Å². The van der Waals surface area contributed by atoms with Crippen LogP contribution in [0.25, 0.3) is 0 Å². The van der Waals surface area contributed by atoms with Crippen molar-refractivity contribution in [2.45, 2.75) is 59.2 Å². The average Bonchev–Trinajstić information content (AvgIpc) is 3.06. The summed E-state index contributed by atoms with van der Waals surface area (Å²) in [6.07, 6.45) is 2.83. The zero-order valence-electron chi connectivity index (χ0n) is 16.1. The molecule has 1 aromatic rings. The van der Waals surface area contributed by atoms with Gasteiger partial charge in [-0.25, -0.2) is 0 Å². The number of Topliss-reactive ketones (excluding diaryl/α,β-unsaturated/α-hetero) is 1. The van der Waals surface area contributed by atoms with E-state index in [1.807, 2.05) is 30.3 Å². The Morgan fingerprint density at radius 1 is 1.15 bits per heavy atom. The highest BCUT2D eigenvalue weighted by atomic mass is 16.5. The van der Waals surface area contributed by atoms with Gasteiger partial charge in [-0.05, 0) is 49.0 Å². The van der Waals surface area contributed by atoms with Gasteiger partial charge in [0.25, 0.3) is 0 Å². The molecule has 0 saturated heterocycles. The molecule has 0 radical (unpaired) electrons. The number of esters is 1. The van der Waals surface area contributed by atoms with E-state index in [1.54, 1.807) is 6.92 Å². The molecular formula is C22H30O4. The van der Waals surface area contributed by atoms with Crippen LogP contribution in [0.5, 0.6) is 0 Å². The zero-order valence-corrected chi connectivity index (χ0v) is 16.1. The fourth-order valence-corrected chi connectivity index (χ4v) is 4.96. The molecule has 4 nitrogen and oxygen atoms in total. The Hall–Kier alpha value is -1.68. The molecule has 0 aromatic heterocycles. The maximum atomic E-state index is 12.8. The molecule has 1 aromatic carbocycles. The van der Waals surface area contributed by atoms with Crippen LogP contribution in [0.15, 0.2) is 30.3 Å². The fraction of sp³-hybridized carbons (Fsp3) is 0.636. The second kappa shape index (κ2) is 7.91. The van der Waals surface area contributed by atoms with E-state index < -0.39 is 5.97 Å². The van der Waals surface area contributed by atoms with Crippen LogP contribution in [0.3, 0.4) is 0 Å². The van der Waals surface area contributed by atoms with Crippen LogP contribution in [-0.2, 0) is 25.7 Å². The third kappa shape index (κ3) is 4.35.